The molecule has 4 rings (SSSR count). The predicted octanol–water partition coefficient (Wildman–Crippen LogP) is 6.11. The number of halogens is 2. The molecule has 0 aromatic heterocycles. The molecule has 1 atom stereocenters. The molecular weight excluding hydrogens is 477 g/mol. The first-order valence-corrected chi connectivity index (χ1v) is 11.2. The summed E-state index contributed by atoms with van der Waals surface area (Å²) in [5.74, 6) is -1.52. The number of benzene rings is 3. The number of carbonyl (C=O) groups excluding carboxylic acids is 2. The van der Waals surface area contributed by atoms with E-state index in [2.05, 4.69) is 0 Å². The summed E-state index contributed by atoms with van der Waals surface area (Å²) in [7, 11) is 0. The van der Waals surface area contributed by atoms with Crippen LogP contribution in [0, 0.1) is 0 Å². The highest BCUT2D eigenvalue weighted by Gasteiger charge is 2.47. The maximum Gasteiger partial charge on any atom is 0.300 e. The molecule has 34 heavy (non-hydrogen) atoms. The summed E-state index contributed by atoms with van der Waals surface area (Å²) in [5, 5.41) is 21.8. The highest BCUT2D eigenvalue weighted by molar-refractivity contribution is 6.52. The Kier molecular flexibility index (Phi) is 6.55. The average Bonchev–Trinajstić information content (AvgIpc) is 3.03. The summed E-state index contributed by atoms with van der Waals surface area (Å²) in [4.78, 5) is 27.6. The van der Waals surface area contributed by atoms with Crippen LogP contribution < -0.4 is 9.64 Å². The molecule has 2 N–H and O–H groups in total. The van der Waals surface area contributed by atoms with Gasteiger partial charge in [0.2, 0.25) is 0 Å². The van der Waals surface area contributed by atoms with Crippen molar-refractivity contribution in [2.75, 3.05) is 4.90 Å². The number of anilines is 1. The van der Waals surface area contributed by atoms with Gasteiger partial charge in [0.25, 0.3) is 11.7 Å². The lowest BCUT2D eigenvalue weighted by atomic mass is 9.95. The maximum absolute atomic E-state index is 13.2. The molecule has 3 aromatic carbocycles. The number of aliphatic hydroxyl groups is 1. The Bertz CT molecular complexity index is 1280. The van der Waals surface area contributed by atoms with Gasteiger partial charge in [0.15, 0.2) is 0 Å². The van der Waals surface area contributed by atoms with Gasteiger partial charge in [-0.05, 0) is 74.0 Å². The van der Waals surface area contributed by atoms with Crippen LogP contribution in [0.3, 0.4) is 0 Å². The fourth-order valence-corrected chi connectivity index (χ4v) is 4.42. The van der Waals surface area contributed by atoms with E-state index in [0.29, 0.717) is 16.9 Å². The lowest BCUT2D eigenvalue weighted by Crippen LogP contribution is -2.29. The van der Waals surface area contributed by atoms with Crippen LogP contribution in [0.25, 0.3) is 5.76 Å². The summed E-state index contributed by atoms with van der Waals surface area (Å²) in [6, 6.07) is 16.2. The third-order valence-electron chi connectivity index (χ3n) is 5.26. The van der Waals surface area contributed by atoms with Gasteiger partial charge in [-0.2, -0.15) is 0 Å². The van der Waals surface area contributed by atoms with Crippen LogP contribution in [0.4, 0.5) is 5.69 Å². The molecule has 6 nitrogen and oxygen atoms in total. The molecule has 0 radical (unpaired) electrons. The monoisotopic (exact) mass is 497 g/mol. The molecule has 174 valence electrons. The lowest BCUT2D eigenvalue weighted by Gasteiger charge is -2.26. The zero-order valence-corrected chi connectivity index (χ0v) is 19.8. The summed E-state index contributed by atoms with van der Waals surface area (Å²) < 4.78 is 5.63. The topological polar surface area (TPSA) is 87.1 Å². The highest BCUT2D eigenvalue weighted by atomic mass is 35.5. The van der Waals surface area contributed by atoms with Crippen molar-refractivity contribution in [1.82, 2.24) is 0 Å². The molecule has 1 fully saturated rings. The van der Waals surface area contributed by atoms with Gasteiger partial charge in [-0.1, -0.05) is 35.3 Å². The molecular formula is C26H21Cl2NO5. The SMILES string of the molecule is CC(C)Oc1ccc(/C(O)=C2\C(=O)C(=O)N(c3cc(Cl)cc(Cl)c3)C2c2cccc(O)c2)cc1. The van der Waals surface area contributed by atoms with Gasteiger partial charge in [0.05, 0.1) is 17.7 Å². The van der Waals surface area contributed by atoms with E-state index in [1.807, 2.05) is 13.8 Å². The molecule has 1 aliphatic rings. The van der Waals surface area contributed by atoms with Crippen molar-refractivity contribution >= 4 is 46.3 Å². The molecule has 3 aromatic rings. The number of rotatable bonds is 5. The van der Waals surface area contributed by atoms with Crippen LogP contribution in [0.1, 0.15) is 31.0 Å². The molecule has 0 bridgehead atoms. The average molecular weight is 498 g/mol. The minimum Gasteiger partial charge on any atom is -0.508 e. The van der Waals surface area contributed by atoms with Crippen LogP contribution in [0.2, 0.25) is 10.0 Å². The van der Waals surface area contributed by atoms with Gasteiger partial charge in [0, 0.05) is 21.3 Å². The van der Waals surface area contributed by atoms with Gasteiger partial charge >= 0.3 is 0 Å². The third-order valence-corrected chi connectivity index (χ3v) is 5.69. The van der Waals surface area contributed by atoms with Crippen molar-refractivity contribution in [3.8, 4) is 11.5 Å². The Hall–Kier alpha value is -3.48. The molecule has 8 heteroatoms. The standard InChI is InChI=1S/C26H21Cl2NO5/c1-14(2)34-21-8-6-15(7-9-21)24(31)22-23(16-4-3-5-20(30)10-16)29(26(33)25(22)32)19-12-17(27)11-18(28)13-19/h3-14,23,30-31H,1-2H3/b24-22+. The van der Waals surface area contributed by atoms with Crippen LogP contribution in [-0.4, -0.2) is 28.0 Å². The normalized spacial score (nSPS) is 17.4. The van der Waals surface area contributed by atoms with E-state index in [1.165, 1.54) is 35.2 Å². The molecule has 1 unspecified atom stereocenters. The fourth-order valence-electron chi connectivity index (χ4n) is 3.91. The molecule has 1 saturated heterocycles. The summed E-state index contributed by atoms with van der Waals surface area (Å²) in [6.07, 6.45) is -0.0277. The number of carbonyl (C=O) groups is 2. The molecule has 0 aliphatic carbocycles. The van der Waals surface area contributed by atoms with Gasteiger partial charge < -0.3 is 14.9 Å². The van der Waals surface area contributed by atoms with Crippen molar-refractivity contribution in [3.05, 3.63) is 93.5 Å². The highest BCUT2D eigenvalue weighted by Crippen LogP contribution is 2.44. The van der Waals surface area contributed by atoms with E-state index < -0.39 is 17.7 Å². The number of phenolic OH excluding ortho intramolecular Hbond substituents is 1. The van der Waals surface area contributed by atoms with Crippen LogP contribution >= 0.6 is 23.2 Å². The first-order valence-electron chi connectivity index (χ1n) is 10.5. The van der Waals surface area contributed by atoms with Crippen molar-refractivity contribution in [3.63, 3.8) is 0 Å². The number of aromatic hydroxyl groups is 1. The number of ketones is 1. The van der Waals surface area contributed by atoms with Crippen LogP contribution in [0.15, 0.2) is 72.3 Å². The maximum atomic E-state index is 13.2. The molecule has 0 saturated carbocycles. The van der Waals surface area contributed by atoms with E-state index in [1.54, 1.807) is 36.4 Å². The molecule has 1 aliphatic heterocycles. The van der Waals surface area contributed by atoms with Crippen LogP contribution in [0.5, 0.6) is 11.5 Å². The first kappa shape index (κ1) is 23.7. The number of phenols is 1. The van der Waals surface area contributed by atoms with E-state index in [4.69, 9.17) is 27.9 Å². The minimum absolute atomic E-state index is 0.0277. The zero-order valence-electron chi connectivity index (χ0n) is 18.3. The summed E-state index contributed by atoms with van der Waals surface area (Å²) >= 11 is 12.3. The summed E-state index contributed by atoms with van der Waals surface area (Å²) in [6.45, 7) is 3.79. The fraction of sp³-hybridized carbons (Fsp3) is 0.154. The number of hydrogen-bond donors (Lipinski definition) is 2. The van der Waals surface area contributed by atoms with Gasteiger partial charge in [-0.25, -0.2) is 0 Å². The summed E-state index contributed by atoms with van der Waals surface area (Å²) in [5.41, 5.74) is 0.928. The first-order chi connectivity index (χ1) is 16.2. The van der Waals surface area contributed by atoms with Crippen molar-refractivity contribution in [2.24, 2.45) is 0 Å². The molecule has 0 spiro atoms. The lowest BCUT2D eigenvalue weighted by molar-refractivity contribution is -0.132. The van der Waals surface area contributed by atoms with E-state index in [0.717, 1.165) is 0 Å². The van der Waals surface area contributed by atoms with Gasteiger partial charge in [-0.15, -0.1) is 0 Å². The number of nitrogens with zero attached hydrogens (tertiary/aromatic N) is 1. The minimum atomic E-state index is -1.02. The second-order valence-electron chi connectivity index (χ2n) is 8.08. The third kappa shape index (κ3) is 4.60. The largest absolute Gasteiger partial charge is 0.508 e. The Morgan fingerprint density at radius 1 is 0.971 bits per heavy atom. The molecule has 1 amide bonds. The second kappa shape index (κ2) is 9.41. The van der Waals surface area contributed by atoms with Gasteiger partial charge in [-0.3, -0.25) is 14.5 Å². The number of ether oxygens (including phenoxy) is 1. The van der Waals surface area contributed by atoms with E-state index >= 15 is 0 Å². The predicted molar refractivity (Wildman–Crippen MR) is 132 cm³/mol. The smallest absolute Gasteiger partial charge is 0.300 e. The number of aliphatic hydroxyl groups excluding tert-OH is 1. The Morgan fingerprint density at radius 2 is 1.62 bits per heavy atom. The van der Waals surface area contributed by atoms with Crippen molar-refractivity contribution in [2.45, 2.75) is 26.0 Å². The number of amides is 1. The Morgan fingerprint density at radius 3 is 2.21 bits per heavy atom. The van der Waals surface area contributed by atoms with Gasteiger partial charge in [0.1, 0.15) is 17.3 Å². The van der Waals surface area contributed by atoms with Crippen molar-refractivity contribution < 1.29 is 24.5 Å². The zero-order chi connectivity index (χ0) is 24.6. The number of hydrogen-bond acceptors (Lipinski definition) is 5. The second-order valence-corrected chi connectivity index (χ2v) is 8.96. The quantitative estimate of drug-likeness (QED) is 0.252. The Labute approximate surface area is 206 Å². The van der Waals surface area contributed by atoms with E-state index in [-0.39, 0.29) is 38.9 Å². The van der Waals surface area contributed by atoms with Crippen LogP contribution in [-0.2, 0) is 9.59 Å². The molecule has 1 heterocycles. The Balaban J connectivity index is 1.89. The van der Waals surface area contributed by atoms with E-state index in [9.17, 15) is 19.8 Å². The number of Topliss-reactive ketones (excluding diaryl/α,β-unsaturated/α-hetero) is 1. The van der Waals surface area contributed by atoms with Crippen molar-refractivity contribution in [1.29, 1.82) is 0 Å².